The van der Waals surface area contributed by atoms with Crippen molar-refractivity contribution in [2.24, 2.45) is 0 Å². The Morgan fingerprint density at radius 2 is 2.00 bits per heavy atom. The van der Waals surface area contributed by atoms with Crippen LogP contribution in [0.5, 0.6) is 0 Å². The molecule has 1 aliphatic carbocycles. The molecule has 7 heteroatoms. The summed E-state index contributed by atoms with van der Waals surface area (Å²) >= 11 is 0. The molecule has 23 heavy (non-hydrogen) atoms. The van der Waals surface area contributed by atoms with Gasteiger partial charge in [0, 0.05) is 11.6 Å². The van der Waals surface area contributed by atoms with E-state index in [0.717, 1.165) is 37.8 Å². The molecule has 0 atom stereocenters. The van der Waals surface area contributed by atoms with Crippen LogP contribution in [0, 0.1) is 0 Å². The van der Waals surface area contributed by atoms with Gasteiger partial charge in [-0.2, -0.15) is 13.2 Å². The zero-order valence-corrected chi connectivity index (χ0v) is 12.2. The summed E-state index contributed by atoms with van der Waals surface area (Å²) in [6, 6.07) is 4.79. The van der Waals surface area contributed by atoms with Crippen LogP contribution in [0.1, 0.15) is 41.7 Å². The highest BCUT2D eigenvalue weighted by atomic mass is 19.4. The lowest BCUT2D eigenvalue weighted by Gasteiger charge is -2.09. The summed E-state index contributed by atoms with van der Waals surface area (Å²) in [5.41, 5.74) is -0.533. The van der Waals surface area contributed by atoms with Crippen molar-refractivity contribution < 1.29 is 22.4 Å². The van der Waals surface area contributed by atoms with Gasteiger partial charge in [0.05, 0.1) is 5.56 Å². The summed E-state index contributed by atoms with van der Waals surface area (Å²) in [5, 5.41) is 2.85. The van der Waals surface area contributed by atoms with Gasteiger partial charge >= 0.3 is 6.18 Å². The monoisotopic (exact) mass is 324 g/mol. The summed E-state index contributed by atoms with van der Waals surface area (Å²) in [5.74, 6) is -0.369. The zero-order chi connectivity index (χ0) is 16.4. The van der Waals surface area contributed by atoms with E-state index in [0.29, 0.717) is 0 Å². The van der Waals surface area contributed by atoms with Crippen molar-refractivity contribution in [2.45, 2.75) is 37.9 Å². The Balaban J connectivity index is 1.77. The van der Waals surface area contributed by atoms with Gasteiger partial charge in [0.1, 0.15) is 6.26 Å². The van der Waals surface area contributed by atoms with Gasteiger partial charge in [-0.05, 0) is 31.0 Å². The maximum absolute atomic E-state index is 12.7. The summed E-state index contributed by atoms with van der Waals surface area (Å²) in [6.07, 6.45) is 0.762. The second kappa shape index (κ2) is 6.06. The van der Waals surface area contributed by atoms with Crippen LogP contribution >= 0.6 is 0 Å². The van der Waals surface area contributed by atoms with Crippen LogP contribution < -0.4 is 5.32 Å². The molecule has 0 unspecified atom stereocenters. The Morgan fingerprint density at radius 1 is 1.26 bits per heavy atom. The van der Waals surface area contributed by atoms with Crippen molar-refractivity contribution in [1.82, 2.24) is 10.3 Å². The van der Waals surface area contributed by atoms with Crippen LogP contribution in [0.3, 0.4) is 0 Å². The van der Waals surface area contributed by atoms with Crippen molar-refractivity contribution >= 4 is 5.91 Å². The second-order valence-corrected chi connectivity index (χ2v) is 5.57. The highest BCUT2D eigenvalue weighted by Gasteiger charge is 2.31. The number of nitrogens with one attached hydrogen (secondary N) is 1. The van der Waals surface area contributed by atoms with E-state index in [-0.39, 0.29) is 29.1 Å². The van der Waals surface area contributed by atoms with E-state index in [9.17, 15) is 18.0 Å². The van der Waals surface area contributed by atoms with Crippen LogP contribution in [0.25, 0.3) is 11.5 Å². The lowest BCUT2D eigenvalue weighted by atomic mass is 10.1. The molecule has 3 rings (SSSR count). The first-order chi connectivity index (χ1) is 10.9. The van der Waals surface area contributed by atoms with Crippen molar-refractivity contribution in [2.75, 3.05) is 0 Å². The van der Waals surface area contributed by atoms with E-state index >= 15 is 0 Å². The highest BCUT2D eigenvalue weighted by molar-refractivity contribution is 5.92. The number of alkyl halides is 3. The molecule has 1 heterocycles. The van der Waals surface area contributed by atoms with Gasteiger partial charge in [-0.3, -0.25) is 4.79 Å². The number of carbonyl (C=O) groups excluding carboxylic acids is 1. The SMILES string of the molecule is O=C(NC1CCCC1)c1coc(-c2cccc(C(F)(F)F)c2)n1. The molecule has 1 aromatic carbocycles. The third kappa shape index (κ3) is 3.55. The average Bonchev–Trinajstić information content (AvgIpc) is 3.17. The van der Waals surface area contributed by atoms with Crippen molar-refractivity contribution in [3.63, 3.8) is 0 Å². The van der Waals surface area contributed by atoms with E-state index < -0.39 is 11.7 Å². The fourth-order valence-corrected chi connectivity index (χ4v) is 2.67. The van der Waals surface area contributed by atoms with Crippen LogP contribution in [-0.2, 0) is 6.18 Å². The molecule has 1 amide bonds. The highest BCUT2D eigenvalue weighted by Crippen LogP contribution is 2.32. The number of hydrogen-bond donors (Lipinski definition) is 1. The van der Waals surface area contributed by atoms with Crippen LogP contribution in [0.15, 0.2) is 34.9 Å². The van der Waals surface area contributed by atoms with Crippen molar-refractivity contribution in [3.8, 4) is 11.5 Å². The predicted molar refractivity (Wildman–Crippen MR) is 76.7 cm³/mol. The summed E-state index contributed by atoms with van der Waals surface area (Å²) in [4.78, 5) is 16.1. The number of rotatable bonds is 3. The van der Waals surface area contributed by atoms with Gasteiger partial charge < -0.3 is 9.73 Å². The minimum atomic E-state index is -4.44. The number of halogens is 3. The number of hydrogen-bond acceptors (Lipinski definition) is 3. The molecular weight excluding hydrogens is 309 g/mol. The minimum absolute atomic E-state index is 0.00679. The number of carbonyl (C=O) groups is 1. The third-order valence-corrected chi connectivity index (χ3v) is 3.86. The first kappa shape index (κ1) is 15.6. The molecule has 1 aromatic heterocycles. The maximum atomic E-state index is 12.7. The van der Waals surface area contributed by atoms with E-state index in [1.54, 1.807) is 0 Å². The van der Waals surface area contributed by atoms with Gasteiger partial charge in [-0.15, -0.1) is 0 Å². The molecular formula is C16H15F3N2O2. The average molecular weight is 324 g/mol. The van der Waals surface area contributed by atoms with E-state index in [4.69, 9.17) is 4.42 Å². The summed E-state index contributed by atoms with van der Waals surface area (Å²) < 4.78 is 43.4. The Kier molecular flexibility index (Phi) is 4.11. The normalized spacial score (nSPS) is 15.8. The number of amides is 1. The molecule has 122 valence electrons. The molecule has 0 spiro atoms. The minimum Gasteiger partial charge on any atom is -0.444 e. The van der Waals surface area contributed by atoms with Crippen LogP contribution in [-0.4, -0.2) is 16.9 Å². The van der Waals surface area contributed by atoms with Crippen LogP contribution in [0.4, 0.5) is 13.2 Å². The molecule has 1 aliphatic rings. The Labute approximate surface area is 130 Å². The van der Waals surface area contributed by atoms with Crippen LogP contribution in [0.2, 0.25) is 0 Å². The quantitative estimate of drug-likeness (QED) is 0.927. The van der Waals surface area contributed by atoms with Gasteiger partial charge in [0.25, 0.3) is 5.91 Å². The third-order valence-electron chi connectivity index (χ3n) is 3.86. The smallest absolute Gasteiger partial charge is 0.416 e. The first-order valence-electron chi connectivity index (χ1n) is 7.37. The summed E-state index contributed by atoms with van der Waals surface area (Å²) in [6.45, 7) is 0. The van der Waals surface area contributed by atoms with Crippen molar-refractivity contribution in [3.05, 3.63) is 41.8 Å². The van der Waals surface area contributed by atoms with E-state index in [2.05, 4.69) is 10.3 Å². The predicted octanol–water partition coefficient (Wildman–Crippen LogP) is 4.03. The first-order valence-corrected chi connectivity index (χ1v) is 7.37. The zero-order valence-electron chi connectivity index (χ0n) is 12.2. The van der Waals surface area contributed by atoms with Gasteiger partial charge in [-0.25, -0.2) is 4.98 Å². The molecule has 2 aromatic rings. The lowest BCUT2D eigenvalue weighted by molar-refractivity contribution is -0.137. The molecule has 1 N–H and O–H groups in total. The Hall–Kier alpha value is -2.31. The number of oxazole rings is 1. The number of nitrogens with zero attached hydrogens (tertiary/aromatic N) is 1. The van der Waals surface area contributed by atoms with E-state index in [1.807, 2.05) is 0 Å². The Bertz CT molecular complexity index is 703. The topological polar surface area (TPSA) is 55.1 Å². The Morgan fingerprint density at radius 3 is 2.70 bits per heavy atom. The lowest BCUT2D eigenvalue weighted by Crippen LogP contribution is -2.32. The number of aromatic nitrogens is 1. The molecule has 4 nitrogen and oxygen atoms in total. The standard InChI is InChI=1S/C16H15F3N2O2/c17-16(18,19)11-5-3-4-10(8-11)15-21-13(9-23-15)14(22)20-12-6-1-2-7-12/h3-5,8-9,12H,1-2,6-7H2,(H,20,22). The maximum Gasteiger partial charge on any atom is 0.416 e. The molecule has 0 bridgehead atoms. The fraction of sp³-hybridized carbons (Fsp3) is 0.375. The van der Waals surface area contributed by atoms with Crippen molar-refractivity contribution in [1.29, 1.82) is 0 Å². The van der Waals surface area contributed by atoms with Gasteiger partial charge in [0.15, 0.2) is 5.69 Å². The molecule has 0 radical (unpaired) electrons. The second-order valence-electron chi connectivity index (χ2n) is 5.57. The molecule has 0 aliphatic heterocycles. The fourth-order valence-electron chi connectivity index (χ4n) is 2.67. The van der Waals surface area contributed by atoms with Gasteiger partial charge in [0.2, 0.25) is 5.89 Å². The molecule has 0 saturated heterocycles. The largest absolute Gasteiger partial charge is 0.444 e. The van der Waals surface area contributed by atoms with Gasteiger partial charge in [-0.1, -0.05) is 18.9 Å². The summed E-state index contributed by atoms with van der Waals surface area (Å²) in [7, 11) is 0. The molecule has 1 fully saturated rings. The van der Waals surface area contributed by atoms with E-state index in [1.165, 1.54) is 18.4 Å². The molecule has 1 saturated carbocycles. The number of benzene rings is 1.